The molecule has 13 nitrogen and oxygen atoms in total. The fraction of sp³-hybridized carbons (Fsp3) is 0.250. The molecule has 0 bridgehead atoms. The number of nitrogens with zero attached hydrogens (tertiary/aromatic N) is 3. The van der Waals surface area contributed by atoms with Gasteiger partial charge in [-0.2, -0.15) is 13.1 Å². The van der Waals surface area contributed by atoms with Crippen LogP contribution in [-0.4, -0.2) is 61.9 Å². The summed E-state index contributed by atoms with van der Waals surface area (Å²) in [5.41, 5.74) is -1.07. The number of aromatic hydroxyl groups is 1. The quantitative estimate of drug-likeness (QED) is 0.133. The van der Waals surface area contributed by atoms with Crippen molar-refractivity contribution in [1.29, 1.82) is 0 Å². The highest BCUT2D eigenvalue weighted by Crippen LogP contribution is 2.23. The number of oxime groups is 1. The first kappa shape index (κ1) is 22.3. The molecule has 1 saturated heterocycles. The Balaban J connectivity index is 1.76. The number of hydrogen-bond acceptors (Lipinski definition) is 10. The maximum Gasteiger partial charge on any atom is 0.362 e. The van der Waals surface area contributed by atoms with Crippen LogP contribution in [0.4, 0.5) is 0 Å². The smallest absolute Gasteiger partial charge is 0.362 e. The number of aromatic nitrogens is 1. The Labute approximate surface area is 178 Å². The number of nitrogens with one attached hydrogen (secondary N) is 1. The molecule has 3 heterocycles. The zero-order valence-electron chi connectivity index (χ0n) is 15.7. The molecule has 0 unspecified atom stereocenters. The molecular weight excluding hydrogens is 456 g/mol. The summed E-state index contributed by atoms with van der Waals surface area (Å²) >= 11 is 1.13. The summed E-state index contributed by atoms with van der Waals surface area (Å²) < 4.78 is 32.1. The lowest BCUT2D eigenvalue weighted by atomic mass is 10.0. The van der Waals surface area contributed by atoms with Crippen LogP contribution in [0.15, 0.2) is 39.7 Å². The summed E-state index contributed by atoms with van der Waals surface area (Å²) in [4.78, 5) is 41.5. The van der Waals surface area contributed by atoms with E-state index < -0.39 is 52.0 Å². The fourth-order valence-electron chi connectivity index (χ4n) is 2.75. The lowest BCUT2D eigenvalue weighted by molar-refractivity contribution is -0.143. The summed E-state index contributed by atoms with van der Waals surface area (Å²) in [5, 5.41) is 26.7. The molecule has 31 heavy (non-hydrogen) atoms. The van der Waals surface area contributed by atoms with Crippen LogP contribution >= 0.6 is 11.3 Å². The van der Waals surface area contributed by atoms with Crippen LogP contribution in [0.25, 0.3) is 0 Å². The van der Waals surface area contributed by atoms with Gasteiger partial charge in [0.2, 0.25) is 5.43 Å². The third kappa shape index (κ3) is 4.52. The van der Waals surface area contributed by atoms with Gasteiger partial charge < -0.3 is 20.5 Å². The molecule has 2 atom stereocenters. The molecule has 3 rings (SSSR count). The molecular formula is C16H16N4O9S2. The second-order valence-electron chi connectivity index (χ2n) is 6.35. The van der Waals surface area contributed by atoms with Crippen molar-refractivity contribution in [2.75, 3.05) is 0 Å². The number of carbonyl (C=O) groups is 2. The van der Waals surface area contributed by atoms with Crippen molar-refractivity contribution in [2.45, 2.75) is 25.6 Å². The van der Waals surface area contributed by atoms with Crippen LogP contribution in [0.1, 0.15) is 17.5 Å². The zero-order valence-corrected chi connectivity index (χ0v) is 17.3. The maximum atomic E-state index is 12.7. The first-order valence-electron chi connectivity index (χ1n) is 8.50. The molecule has 1 aliphatic heterocycles. The summed E-state index contributed by atoms with van der Waals surface area (Å²) in [5.74, 6) is -2.54. The zero-order chi connectivity index (χ0) is 22.9. The minimum absolute atomic E-state index is 0.0657. The summed E-state index contributed by atoms with van der Waals surface area (Å²) in [6.07, 6.45) is 0.766. The normalized spacial score (nSPS) is 19.1. The standard InChI is InChI=1S/C16H16N4O9S2/c1-8-13(16(24)20(8)31(26,27)28)17-15(23)14(12-3-2-4-30-12)18-29-7-9-5-10(21)11(22)6-19(9)25/h2-6,8,13,22,25H,7H2,1H3,(H,17,23)(H,26,27,28)/b18-14-/t8-,13-/m0/s1. The Morgan fingerprint density at radius 1 is 1.39 bits per heavy atom. The Hall–Kier alpha value is -3.43. The van der Waals surface area contributed by atoms with Crippen molar-refractivity contribution >= 4 is 39.2 Å². The molecule has 2 aromatic rings. The summed E-state index contributed by atoms with van der Waals surface area (Å²) in [7, 11) is -4.74. The number of pyridine rings is 1. The van der Waals surface area contributed by atoms with Crippen LogP contribution < -0.4 is 10.7 Å². The predicted molar refractivity (Wildman–Crippen MR) is 105 cm³/mol. The second-order valence-corrected chi connectivity index (χ2v) is 8.59. The maximum absolute atomic E-state index is 12.7. The van der Waals surface area contributed by atoms with Crippen molar-refractivity contribution in [3.63, 3.8) is 0 Å². The minimum Gasteiger partial charge on any atom is -0.503 e. The number of amides is 2. The van der Waals surface area contributed by atoms with E-state index in [0.29, 0.717) is 9.61 Å². The number of thiophene rings is 1. The lowest BCUT2D eigenvalue weighted by Gasteiger charge is -2.42. The number of carbonyl (C=O) groups excluding carboxylic acids is 2. The number of β-lactam (4-membered cyclic amide) rings is 1. The molecule has 2 aromatic heterocycles. The molecule has 1 aliphatic rings. The van der Waals surface area contributed by atoms with Crippen molar-refractivity contribution in [3.8, 4) is 5.75 Å². The molecule has 2 amide bonds. The van der Waals surface area contributed by atoms with Crippen LogP contribution in [0.2, 0.25) is 0 Å². The van der Waals surface area contributed by atoms with E-state index in [4.69, 9.17) is 9.39 Å². The highest BCUT2D eigenvalue weighted by molar-refractivity contribution is 7.84. The van der Waals surface area contributed by atoms with Gasteiger partial charge in [-0.15, -0.1) is 11.3 Å². The van der Waals surface area contributed by atoms with Crippen molar-refractivity contribution in [3.05, 3.63) is 50.6 Å². The molecule has 166 valence electrons. The molecule has 0 aliphatic carbocycles. The summed E-state index contributed by atoms with van der Waals surface area (Å²) in [6, 6.07) is 1.86. The van der Waals surface area contributed by atoms with Crippen LogP contribution in [-0.2, 0) is 31.3 Å². The van der Waals surface area contributed by atoms with E-state index in [0.717, 1.165) is 23.6 Å². The highest BCUT2D eigenvalue weighted by atomic mass is 32.2. The van der Waals surface area contributed by atoms with Gasteiger partial charge in [0, 0.05) is 6.07 Å². The number of rotatable bonds is 7. The third-order valence-corrected chi connectivity index (χ3v) is 6.18. The average Bonchev–Trinajstić information content (AvgIpc) is 3.20. The molecule has 1 fully saturated rings. The molecule has 0 radical (unpaired) electrons. The van der Waals surface area contributed by atoms with E-state index in [1.165, 1.54) is 6.92 Å². The molecule has 4 N–H and O–H groups in total. The van der Waals surface area contributed by atoms with Gasteiger partial charge in [0.25, 0.3) is 11.8 Å². The van der Waals surface area contributed by atoms with Crippen molar-refractivity contribution in [1.82, 2.24) is 14.4 Å². The number of hydrogen-bond donors (Lipinski definition) is 4. The Bertz CT molecular complexity index is 1200. The Kier molecular flexibility index (Phi) is 6.01. The van der Waals surface area contributed by atoms with Gasteiger partial charge in [-0.3, -0.25) is 18.9 Å². The van der Waals surface area contributed by atoms with Crippen LogP contribution in [0.5, 0.6) is 5.75 Å². The third-order valence-electron chi connectivity index (χ3n) is 4.30. The van der Waals surface area contributed by atoms with Gasteiger partial charge in [0.05, 0.1) is 17.1 Å². The van der Waals surface area contributed by atoms with E-state index in [-0.39, 0.29) is 15.7 Å². The van der Waals surface area contributed by atoms with E-state index in [9.17, 15) is 33.1 Å². The van der Waals surface area contributed by atoms with Gasteiger partial charge in [0.15, 0.2) is 18.1 Å². The fourth-order valence-corrected chi connectivity index (χ4v) is 4.33. The first-order chi connectivity index (χ1) is 14.5. The molecule has 0 saturated carbocycles. The topological polar surface area (TPSA) is 188 Å². The van der Waals surface area contributed by atoms with E-state index in [1.807, 2.05) is 0 Å². The lowest BCUT2D eigenvalue weighted by Crippen LogP contribution is -2.71. The SMILES string of the molecule is C[C@H]1[C@H](NC(=O)/C(=N\OCc2cc(=O)c(O)cn2O)c2cccs2)C(=O)N1S(=O)(=O)O. The van der Waals surface area contributed by atoms with Gasteiger partial charge >= 0.3 is 10.3 Å². The van der Waals surface area contributed by atoms with Crippen LogP contribution in [0, 0.1) is 0 Å². The van der Waals surface area contributed by atoms with E-state index in [1.54, 1.807) is 17.5 Å². The summed E-state index contributed by atoms with van der Waals surface area (Å²) in [6.45, 7) is 0.882. The van der Waals surface area contributed by atoms with Crippen LogP contribution in [0.3, 0.4) is 0 Å². The predicted octanol–water partition coefficient (Wildman–Crippen LogP) is -0.708. The first-order valence-corrected chi connectivity index (χ1v) is 10.8. The average molecular weight is 472 g/mol. The van der Waals surface area contributed by atoms with E-state index >= 15 is 0 Å². The van der Waals surface area contributed by atoms with E-state index in [2.05, 4.69) is 10.5 Å². The largest absolute Gasteiger partial charge is 0.503 e. The Morgan fingerprint density at radius 2 is 2.10 bits per heavy atom. The molecule has 0 aromatic carbocycles. The van der Waals surface area contributed by atoms with Gasteiger partial charge in [0.1, 0.15) is 11.7 Å². The monoisotopic (exact) mass is 472 g/mol. The minimum atomic E-state index is -4.74. The second kappa shape index (κ2) is 8.37. The Morgan fingerprint density at radius 3 is 2.68 bits per heavy atom. The van der Waals surface area contributed by atoms with Gasteiger partial charge in [-0.25, -0.2) is 4.31 Å². The molecule has 0 spiro atoms. The van der Waals surface area contributed by atoms with Gasteiger partial charge in [-0.05, 0) is 18.4 Å². The van der Waals surface area contributed by atoms with Crippen molar-refractivity contribution in [2.24, 2.45) is 5.16 Å². The molecule has 15 heteroatoms. The van der Waals surface area contributed by atoms with Crippen molar-refractivity contribution < 1.29 is 37.7 Å². The van der Waals surface area contributed by atoms with Gasteiger partial charge in [-0.1, -0.05) is 11.2 Å². The highest BCUT2D eigenvalue weighted by Gasteiger charge is 2.51.